The molecule has 0 bridgehead atoms. The number of nitrogens with zero attached hydrogens (tertiary/aromatic N) is 1. The second-order valence-electron chi connectivity index (χ2n) is 4.74. The Morgan fingerprint density at radius 1 is 1.47 bits per heavy atom. The van der Waals surface area contributed by atoms with Gasteiger partial charge in [0.05, 0.1) is 13.2 Å². The van der Waals surface area contributed by atoms with Crippen molar-refractivity contribution in [3.05, 3.63) is 0 Å². The Balaban J connectivity index is 2.29. The number of hydrogen-bond acceptors (Lipinski definition) is 3. The van der Waals surface area contributed by atoms with E-state index in [2.05, 4.69) is 18.7 Å². The van der Waals surface area contributed by atoms with Crippen LogP contribution in [0.5, 0.6) is 0 Å². The number of rotatable bonds is 6. The van der Waals surface area contributed by atoms with Crippen molar-refractivity contribution in [2.24, 2.45) is 5.92 Å². The highest BCUT2D eigenvalue weighted by Crippen LogP contribution is 2.15. The minimum Gasteiger partial charge on any atom is -0.385 e. The standard InChI is InChI=1S/C12H25NO2/c1-11(2)9-12-10-15-8-6-13(12)5-4-7-14-3/h11-12H,4-10H2,1-3H3/t12-/m0/s1. The van der Waals surface area contributed by atoms with Crippen molar-refractivity contribution in [1.29, 1.82) is 0 Å². The van der Waals surface area contributed by atoms with Gasteiger partial charge in [0, 0.05) is 32.8 Å². The molecule has 0 amide bonds. The highest BCUT2D eigenvalue weighted by atomic mass is 16.5. The largest absolute Gasteiger partial charge is 0.385 e. The van der Waals surface area contributed by atoms with Crippen LogP contribution in [0.1, 0.15) is 26.7 Å². The third kappa shape index (κ3) is 4.96. The molecular formula is C12H25NO2. The molecule has 1 heterocycles. The fourth-order valence-corrected chi connectivity index (χ4v) is 2.16. The minimum atomic E-state index is 0.621. The van der Waals surface area contributed by atoms with Crippen molar-refractivity contribution in [3.8, 4) is 0 Å². The van der Waals surface area contributed by atoms with E-state index in [4.69, 9.17) is 9.47 Å². The maximum Gasteiger partial charge on any atom is 0.0622 e. The molecule has 3 nitrogen and oxygen atoms in total. The van der Waals surface area contributed by atoms with Crippen molar-refractivity contribution in [3.63, 3.8) is 0 Å². The zero-order chi connectivity index (χ0) is 11.1. The van der Waals surface area contributed by atoms with Gasteiger partial charge in [-0.3, -0.25) is 4.90 Å². The molecule has 0 N–H and O–H groups in total. The van der Waals surface area contributed by atoms with Crippen molar-refractivity contribution in [2.75, 3.05) is 40.0 Å². The molecule has 1 saturated heterocycles. The fraction of sp³-hybridized carbons (Fsp3) is 1.00. The average molecular weight is 215 g/mol. The van der Waals surface area contributed by atoms with Crippen molar-refractivity contribution in [2.45, 2.75) is 32.7 Å². The van der Waals surface area contributed by atoms with Crippen molar-refractivity contribution < 1.29 is 9.47 Å². The zero-order valence-corrected chi connectivity index (χ0v) is 10.4. The topological polar surface area (TPSA) is 21.7 Å². The van der Waals surface area contributed by atoms with Crippen molar-refractivity contribution in [1.82, 2.24) is 4.90 Å². The quantitative estimate of drug-likeness (QED) is 0.630. The Labute approximate surface area is 93.7 Å². The van der Waals surface area contributed by atoms with E-state index in [1.165, 1.54) is 6.42 Å². The summed E-state index contributed by atoms with van der Waals surface area (Å²) in [5.41, 5.74) is 0. The van der Waals surface area contributed by atoms with E-state index in [0.29, 0.717) is 6.04 Å². The van der Waals surface area contributed by atoms with Crippen LogP contribution >= 0.6 is 0 Å². The molecule has 1 atom stereocenters. The maximum atomic E-state index is 5.55. The van der Waals surface area contributed by atoms with Gasteiger partial charge in [0.2, 0.25) is 0 Å². The number of hydrogen-bond donors (Lipinski definition) is 0. The summed E-state index contributed by atoms with van der Waals surface area (Å²) in [4.78, 5) is 2.56. The first kappa shape index (κ1) is 12.9. The van der Waals surface area contributed by atoms with Gasteiger partial charge in [0.1, 0.15) is 0 Å². The van der Waals surface area contributed by atoms with E-state index in [0.717, 1.165) is 45.2 Å². The lowest BCUT2D eigenvalue weighted by Gasteiger charge is -2.36. The van der Waals surface area contributed by atoms with Crippen LogP contribution in [0.4, 0.5) is 0 Å². The van der Waals surface area contributed by atoms with Crippen LogP contribution in [-0.2, 0) is 9.47 Å². The summed E-state index contributed by atoms with van der Waals surface area (Å²) in [5, 5.41) is 0. The van der Waals surface area contributed by atoms with Crippen LogP contribution < -0.4 is 0 Å². The molecule has 90 valence electrons. The van der Waals surface area contributed by atoms with Gasteiger partial charge in [0.25, 0.3) is 0 Å². The van der Waals surface area contributed by atoms with Crippen LogP contribution in [0.25, 0.3) is 0 Å². The van der Waals surface area contributed by atoms with Gasteiger partial charge >= 0.3 is 0 Å². The third-order valence-corrected chi connectivity index (χ3v) is 2.89. The lowest BCUT2D eigenvalue weighted by Crippen LogP contribution is -2.46. The van der Waals surface area contributed by atoms with Crippen LogP contribution in [-0.4, -0.2) is 51.0 Å². The van der Waals surface area contributed by atoms with E-state index in [1.807, 2.05) is 0 Å². The Bertz CT molecular complexity index is 162. The Hall–Kier alpha value is -0.120. The maximum absolute atomic E-state index is 5.55. The van der Waals surface area contributed by atoms with E-state index in [-0.39, 0.29) is 0 Å². The van der Waals surface area contributed by atoms with Gasteiger partial charge in [-0.25, -0.2) is 0 Å². The lowest BCUT2D eigenvalue weighted by atomic mass is 10.0. The normalized spacial score (nSPS) is 23.6. The summed E-state index contributed by atoms with van der Waals surface area (Å²) in [6.07, 6.45) is 2.37. The molecule has 0 aliphatic carbocycles. The predicted molar refractivity (Wildman–Crippen MR) is 62.1 cm³/mol. The van der Waals surface area contributed by atoms with Crippen LogP contribution in [0.2, 0.25) is 0 Å². The molecule has 0 radical (unpaired) electrons. The summed E-state index contributed by atoms with van der Waals surface area (Å²) >= 11 is 0. The summed E-state index contributed by atoms with van der Waals surface area (Å²) in [6, 6.07) is 0.621. The van der Waals surface area contributed by atoms with Crippen LogP contribution in [0, 0.1) is 5.92 Å². The van der Waals surface area contributed by atoms with Crippen molar-refractivity contribution >= 4 is 0 Å². The SMILES string of the molecule is COCCCN1CCOC[C@@H]1CC(C)C. The number of ether oxygens (including phenoxy) is 2. The predicted octanol–water partition coefficient (Wildman–Crippen LogP) is 1.77. The smallest absolute Gasteiger partial charge is 0.0622 e. The van der Waals surface area contributed by atoms with Gasteiger partial charge in [-0.15, -0.1) is 0 Å². The monoisotopic (exact) mass is 215 g/mol. The number of morpholine rings is 1. The minimum absolute atomic E-state index is 0.621. The second kappa shape index (κ2) is 7.20. The summed E-state index contributed by atoms with van der Waals surface area (Å²) in [7, 11) is 1.77. The third-order valence-electron chi connectivity index (χ3n) is 2.89. The highest BCUT2D eigenvalue weighted by Gasteiger charge is 2.22. The lowest BCUT2D eigenvalue weighted by molar-refractivity contribution is -0.0172. The second-order valence-corrected chi connectivity index (χ2v) is 4.74. The molecule has 1 aliphatic heterocycles. The molecule has 1 rings (SSSR count). The first-order valence-corrected chi connectivity index (χ1v) is 6.04. The molecule has 0 aromatic heterocycles. The Morgan fingerprint density at radius 3 is 2.93 bits per heavy atom. The molecule has 0 aromatic rings. The highest BCUT2D eigenvalue weighted by molar-refractivity contribution is 4.76. The Kier molecular flexibility index (Phi) is 6.22. The summed E-state index contributed by atoms with van der Waals surface area (Å²) in [6.45, 7) is 9.46. The van der Waals surface area contributed by atoms with E-state index in [1.54, 1.807) is 7.11 Å². The molecule has 1 fully saturated rings. The summed E-state index contributed by atoms with van der Waals surface area (Å²) in [5.74, 6) is 0.752. The molecule has 0 aromatic carbocycles. The molecule has 0 saturated carbocycles. The van der Waals surface area contributed by atoms with Crippen LogP contribution in [0.15, 0.2) is 0 Å². The average Bonchev–Trinajstić information content (AvgIpc) is 2.20. The van der Waals surface area contributed by atoms with Gasteiger partial charge < -0.3 is 9.47 Å². The first-order chi connectivity index (χ1) is 7.24. The molecule has 0 spiro atoms. The van der Waals surface area contributed by atoms with E-state index in [9.17, 15) is 0 Å². The van der Waals surface area contributed by atoms with Crippen LogP contribution in [0.3, 0.4) is 0 Å². The molecule has 1 aliphatic rings. The summed E-state index contributed by atoms with van der Waals surface area (Å²) < 4.78 is 10.6. The van der Waals surface area contributed by atoms with Gasteiger partial charge in [-0.2, -0.15) is 0 Å². The van der Waals surface area contributed by atoms with Gasteiger partial charge in [0.15, 0.2) is 0 Å². The van der Waals surface area contributed by atoms with Gasteiger partial charge in [-0.05, 0) is 18.8 Å². The van der Waals surface area contributed by atoms with Gasteiger partial charge in [-0.1, -0.05) is 13.8 Å². The fourth-order valence-electron chi connectivity index (χ4n) is 2.16. The van der Waals surface area contributed by atoms with E-state index < -0.39 is 0 Å². The Morgan fingerprint density at radius 2 is 2.27 bits per heavy atom. The molecule has 3 heteroatoms. The first-order valence-electron chi connectivity index (χ1n) is 6.04. The molecule has 0 unspecified atom stereocenters. The molecule has 15 heavy (non-hydrogen) atoms. The van der Waals surface area contributed by atoms with E-state index >= 15 is 0 Å². The molecular weight excluding hydrogens is 190 g/mol. The number of methoxy groups -OCH3 is 1. The zero-order valence-electron chi connectivity index (χ0n) is 10.4.